The maximum Gasteiger partial charge on any atom is 0.211 e. The van der Waals surface area contributed by atoms with E-state index in [1.54, 1.807) is 0 Å². The van der Waals surface area contributed by atoms with Crippen LogP contribution in [-0.2, 0) is 0 Å². The minimum Gasteiger partial charge on any atom is -0.318 e. The molecule has 0 saturated carbocycles. The van der Waals surface area contributed by atoms with Gasteiger partial charge in [-0.25, -0.2) is 4.85 Å². The molecular weight excluding hydrogens is 611 g/mol. The van der Waals surface area contributed by atoms with Crippen molar-refractivity contribution in [1.82, 2.24) is 9.13 Å². The van der Waals surface area contributed by atoms with Gasteiger partial charge in [-0.05, 0) is 82.9 Å². The second-order valence-electron chi connectivity index (χ2n) is 12.3. The summed E-state index contributed by atoms with van der Waals surface area (Å²) in [5.41, 5.74) is 11.2. The van der Waals surface area contributed by atoms with Gasteiger partial charge in [0.15, 0.2) is 0 Å². The molecule has 0 N–H and O–H groups in total. The first kappa shape index (κ1) is 28.8. The summed E-state index contributed by atoms with van der Waals surface area (Å²) in [7, 11) is 0. The summed E-state index contributed by atoms with van der Waals surface area (Å²) in [6.07, 6.45) is 0. The van der Waals surface area contributed by atoms with E-state index in [0.29, 0.717) is 16.8 Å². The summed E-state index contributed by atoms with van der Waals surface area (Å²) in [5, 5.41) is 24.0. The van der Waals surface area contributed by atoms with Crippen LogP contribution in [0.4, 0.5) is 5.69 Å². The fraction of sp³-hybridized carbons (Fsp3) is 0. The summed E-state index contributed by atoms with van der Waals surface area (Å²) in [4.78, 5) is 4.03. The average Bonchev–Trinajstić information content (AvgIpc) is 3.70. The Hall–Kier alpha value is -7.39. The van der Waals surface area contributed by atoms with Crippen LogP contribution in [0.5, 0.6) is 0 Å². The van der Waals surface area contributed by atoms with Crippen molar-refractivity contribution in [2.24, 2.45) is 0 Å². The molecule has 5 nitrogen and oxygen atoms in total. The third-order valence-corrected chi connectivity index (χ3v) is 9.59. The molecule has 0 aliphatic heterocycles. The third-order valence-electron chi connectivity index (χ3n) is 9.59. The van der Waals surface area contributed by atoms with Gasteiger partial charge in [0, 0.05) is 27.2 Å². The predicted octanol–water partition coefficient (Wildman–Crippen LogP) is 11.5. The summed E-state index contributed by atoms with van der Waals surface area (Å²) < 4.78 is 4.44. The minimum absolute atomic E-state index is 0.542. The lowest BCUT2D eigenvalue weighted by Crippen LogP contribution is -1.99. The lowest BCUT2D eigenvalue weighted by Gasteiger charge is -2.19. The Bertz CT molecular complexity index is 2920. The Morgan fingerprint density at radius 2 is 1.04 bits per heavy atom. The highest BCUT2D eigenvalue weighted by Gasteiger charge is 2.21. The third kappa shape index (κ3) is 4.31. The second kappa shape index (κ2) is 11.4. The Morgan fingerprint density at radius 1 is 0.460 bits per heavy atom. The molecule has 0 bridgehead atoms. The monoisotopic (exact) mass is 635 g/mol. The minimum atomic E-state index is 0.542. The second-order valence-corrected chi connectivity index (χ2v) is 12.3. The number of aromatic nitrogens is 2. The van der Waals surface area contributed by atoms with Gasteiger partial charge in [0.1, 0.15) is 0 Å². The molecule has 2 heterocycles. The molecule has 50 heavy (non-hydrogen) atoms. The smallest absolute Gasteiger partial charge is 0.211 e. The van der Waals surface area contributed by atoms with Crippen LogP contribution in [0.2, 0.25) is 0 Å². The molecule has 9 aromatic rings. The molecule has 0 spiro atoms. The van der Waals surface area contributed by atoms with Gasteiger partial charge in [0.05, 0.1) is 57.6 Å². The largest absolute Gasteiger partial charge is 0.318 e. The molecule has 0 unspecified atom stereocenters. The molecule has 9 rings (SSSR count). The van der Waals surface area contributed by atoms with Crippen molar-refractivity contribution < 1.29 is 0 Å². The Balaban J connectivity index is 1.31. The number of nitrogens with zero attached hydrogens (tertiary/aromatic N) is 5. The summed E-state index contributed by atoms with van der Waals surface area (Å²) in [5.74, 6) is 0. The van der Waals surface area contributed by atoms with Gasteiger partial charge in [-0.15, -0.1) is 0 Å². The Labute approximate surface area is 288 Å². The van der Waals surface area contributed by atoms with Crippen molar-refractivity contribution in [1.29, 1.82) is 10.5 Å². The summed E-state index contributed by atoms with van der Waals surface area (Å²) in [6, 6.07) is 55.4. The molecule has 230 valence electrons. The molecule has 0 fully saturated rings. The van der Waals surface area contributed by atoms with Crippen molar-refractivity contribution in [2.45, 2.75) is 0 Å². The van der Waals surface area contributed by atoms with Crippen LogP contribution in [0, 0.1) is 29.2 Å². The van der Waals surface area contributed by atoms with Crippen LogP contribution in [0.25, 0.3) is 82.1 Å². The first-order chi connectivity index (χ1) is 24.7. The van der Waals surface area contributed by atoms with Gasteiger partial charge in [-0.1, -0.05) is 91.0 Å². The van der Waals surface area contributed by atoms with E-state index in [1.807, 2.05) is 91.0 Å². The predicted molar refractivity (Wildman–Crippen MR) is 202 cm³/mol. The highest BCUT2D eigenvalue weighted by atomic mass is 15.0. The maximum absolute atomic E-state index is 10.1. The van der Waals surface area contributed by atoms with Crippen LogP contribution in [0.3, 0.4) is 0 Å². The maximum atomic E-state index is 10.1. The van der Waals surface area contributed by atoms with Crippen molar-refractivity contribution in [3.63, 3.8) is 0 Å². The molecule has 0 amide bonds. The van der Waals surface area contributed by atoms with E-state index in [2.05, 4.69) is 86.8 Å². The molecule has 0 aliphatic carbocycles. The lowest BCUT2D eigenvalue weighted by molar-refractivity contribution is 1.18. The Kier molecular flexibility index (Phi) is 6.56. The van der Waals surface area contributed by atoms with E-state index in [4.69, 9.17) is 6.57 Å². The van der Waals surface area contributed by atoms with E-state index in [-0.39, 0.29) is 0 Å². The quantitative estimate of drug-likeness (QED) is 0.181. The lowest BCUT2D eigenvalue weighted by atomic mass is 9.91. The molecule has 5 heteroatoms. The van der Waals surface area contributed by atoms with Crippen molar-refractivity contribution in [2.75, 3.05) is 0 Å². The molecular formula is C45H25N5. The van der Waals surface area contributed by atoms with Crippen LogP contribution < -0.4 is 0 Å². The highest BCUT2D eigenvalue weighted by Crippen LogP contribution is 2.44. The number of nitriles is 2. The number of rotatable bonds is 4. The molecule has 0 radical (unpaired) electrons. The van der Waals surface area contributed by atoms with Gasteiger partial charge in [0.2, 0.25) is 5.69 Å². The van der Waals surface area contributed by atoms with Crippen molar-refractivity contribution in [3.8, 4) is 45.8 Å². The zero-order chi connectivity index (χ0) is 33.8. The van der Waals surface area contributed by atoms with Crippen LogP contribution >= 0.6 is 0 Å². The summed E-state index contributed by atoms with van der Waals surface area (Å²) in [6.45, 7) is 8.26. The molecule has 0 saturated heterocycles. The summed E-state index contributed by atoms with van der Waals surface area (Å²) >= 11 is 0. The zero-order valence-electron chi connectivity index (χ0n) is 26.7. The highest BCUT2D eigenvalue weighted by molar-refractivity contribution is 6.11. The van der Waals surface area contributed by atoms with E-state index in [0.717, 1.165) is 77.2 Å². The first-order valence-corrected chi connectivity index (χ1v) is 16.3. The van der Waals surface area contributed by atoms with Crippen LogP contribution in [-0.4, -0.2) is 9.13 Å². The number of hydrogen-bond donors (Lipinski definition) is 0. The SMILES string of the molecule is [C-]#[N+]c1cccc(-c2ccc(C#N)cc2-c2cccc(-n3c4ccccc4c4cc(C#N)ccc43)c2)c1-n1c2ccccc2c2ccccc21. The number of hydrogen-bond acceptors (Lipinski definition) is 2. The van der Waals surface area contributed by atoms with E-state index in [1.165, 1.54) is 0 Å². The van der Waals surface area contributed by atoms with Gasteiger partial charge in [-0.3, -0.25) is 0 Å². The average molecular weight is 636 g/mol. The van der Waals surface area contributed by atoms with Gasteiger partial charge in [-0.2, -0.15) is 10.5 Å². The standard InChI is InChI=1S/C45H25N5/c1-48-40-16-9-15-37(45(40)50-42-18-6-2-12-34(42)35-13-3-7-19-43(35)50)33-22-20-29(27-46)24-38(33)31-10-8-11-32(26-31)49-41-17-5-4-14-36(41)39-25-30(28-47)21-23-44(39)49/h2-26H. The van der Waals surface area contributed by atoms with Crippen molar-refractivity contribution in [3.05, 3.63) is 174 Å². The molecule has 0 aliphatic rings. The molecule has 0 atom stereocenters. The number of benzene rings is 7. The molecule has 7 aromatic carbocycles. The van der Waals surface area contributed by atoms with Crippen LogP contribution in [0.1, 0.15) is 11.1 Å². The van der Waals surface area contributed by atoms with Crippen LogP contribution in [0.15, 0.2) is 152 Å². The number of fused-ring (bicyclic) bond motifs is 6. The van der Waals surface area contributed by atoms with E-state index < -0.39 is 0 Å². The zero-order valence-corrected chi connectivity index (χ0v) is 26.7. The van der Waals surface area contributed by atoms with Gasteiger partial charge < -0.3 is 9.13 Å². The van der Waals surface area contributed by atoms with Gasteiger partial charge >= 0.3 is 0 Å². The molecule has 2 aromatic heterocycles. The number of para-hydroxylation sites is 4. The van der Waals surface area contributed by atoms with Gasteiger partial charge in [0.25, 0.3) is 0 Å². The Morgan fingerprint density at radius 3 is 1.72 bits per heavy atom. The first-order valence-electron chi connectivity index (χ1n) is 16.3. The fourth-order valence-corrected chi connectivity index (χ4v) is 7.46. The van der Waals surface area contributed by atoms with E-state index >= 15 is 0 Å². The topological polar surface area (TPSA) is 61.8 Å². The normalized spacial score (nSPS) is 11.1. The van der Waals surface area contributed by atoms with E-state index in [9.17, 15) is 10.5 Å². The fourth-order valence-electron chi connectivity index (χ4n) is 7.46. The van der Waals surface area contributed by atoms with Crippen molar-refractivity contribution >= 4 is 49.3 Å².